The molecule has 2 heterocycles. The van der Waals surface area contributed by atoms with Crippen LogP contribution < -0.4 is 14.4 Å². The largest absolute Gasteiger partial charge is 0.486 e. The molecule has 1 aliphatic heterocycles. The second-order valence-corrected chi connectivity index (χ2v) is 6.95. The Kier molecular flexibility index (Phi) is 4.77. The highest BCUT2D eigenvalue weighted by molar-refractivity contribution is 6.05. The van der Waals surface area contributed by atoms with Crippen LogP contribution in [0.1, 0.15) is 27.3 Å². The molecule has 0 radical (unpaired) electrons. The molecule has 0 spiro atoms. The van der Waals surface area contributed by atoms with Gasteiger partial charge in [-0.3, -0.25) is 9.48 Å². The molecule has 1 aromatic heterocycles. The molecule has 1 amide bonds. The molecule has 0 saturated carbocycles. The number of rotatable bonds is 4. The summed E-state index contributed by atoms with van der Waals surface area (Å²) in [6.45, 7) is 5.44. The number of ether oxygens (including phenoxy) is 2. The number of amides is 1. The van der Waals surface area contributed by atoms with Crippen LogP contribution in [0.5, 0.6) is 11.5 Å². The van der Waals surface area contributed by atoms with E-state index in [1.165, 1.54) is 0 Å². The Morgan fingerprint density at radius 2 is 1.82 bits per heavy atom. The number of aryl methyl sites for hydroxylation is 3. The Morgan fingerprint density at radius 1 is 1.07 bits per heavy atom. The predicted molar refractivity (Wildman–Crippen MR) is 107 cm³/mol. The highest BCUT2D eigenvalue weighted by Crippen LogP contribution is 2.32. The number of para-hydroxylation sites is 1. The maximum atomic E-state index is 13.4. The first-order chi connectivity index (χ1) is 13.5. The molecule has 4 rings (SSSR count). The van der Waals surface area contributed by atoms with Gasteiger partial charge >= 0.3 is 0 Å². The van der Waals surface area contributed by atoms with Gasteiger partial charge < -0.3 is 14.4 Å². The quantitative estimate of drug-likeness (QED) is 0.696. The first-order valence-electron chi connectivity index (χ1n) is 9.29. The van der Waals surface area contributed by atoms with Gasteiger partial charge in [-0.2, -0.15) is 5.10 Å². The number of benzene rings is 2. The third kappa shape index (κ3) is 3.45. The zero-order chi connectivity index (χ0) is 19.7. The molecule has 6 nitrogen and oxygen atoms in total. The van der Waals surface area contributed by atoms with Crippen molar-refractivity contribution in [2.75, 3.05) is 18.1 Å². The molecule has 0 atom stereocenters. The molecule has 2 aromatic carbocycles. The van der Waals surface area contributed by atoms with Crippen molar-refractivity contribution < 1.29 is 14.3 Å². The molecule has 0 bridgehead atoms. The molecule has 0 saturated heterocycles. The van der Waals surface area contributed by atoms with Crippen LogP contribution in [-0.2, 0) is 13.6 Å². The normalized spacial score (nSPS) is 12.7. The van der Waals surface area contributed by atoms with Crippen molar-refractivity contribution in [3.05, 3.63) is 71.0 Å². The second kappa shape index (κ2) is 7.38. The van der Waals surface area contributed by atoms with Gasteiger partial charge in [-0.15, -0.1) is 0 Å². The second-order valence-electron chi connectivity index (χ2n) is 6.95. The number of nitrogens with zero attached hydrogens (tertiary/aromatic N) is 3. The van der Waals surface area contributed by atoms with E-state index in [0.717, 1.165) is 34.0 Å². The number of hydrogen-bond acceptors (Lipinski definition) is 4. The Balaban J connectivity index is 1.71. The Labute approximate surface area is 164 Å². The molecule has 0 fully saturated rings. The van der Waals surface area contributed by atoms with Crippen molar-refractivity contribution in [2.45, 2.75) is 20.4 Å². The van der Waals surface area contributed by atoms with Gasteiger partial charge in [0.05, 0.1) is 6.54 Å². The number of fused-ring (bicyclic) bond motifs is 1. The average Bonchev–Trinajstić information content (AvgIpc) is 3.05. The zero-order valence-electron chi connectivity index (χ0n) is 16.3. The number of carbonyl (C=O) groups is 1. The lowest BCUT2D eigenvalue weighted by Gasteiger charge is -2.25. The van der Waals surface area contributed by atoms with E-state index in [0.29, 0.717) is 25.5 Å². The van der Waals surface area contributed by atoms with E-state index >= 15 is 0 Å². The minimum absolute atomic E-state index is 0.132. The van der Waals surface area contributed by atoms with Crippen LogP contribution in [0, 0.1) is 13.8 Å². The average molecular weight is 377 g/mol. The zero-order valence-corrected chi connectivity index (χ0v) is 16.3. The van der Waals surface area contributed by atoms with Gasteiger partial charge in [0, 0.05) is 18.4 Å². The van der Waals surface area contributed by atoms with Crippen LogP contribution in [0.3, 0.4) is 0 Å². The minimum Gasteiger partial charge on any atom is -0.486 e. The molecule has 1 aliphatic rings. The van der Waals surface area contributed by atoms with Crippen LogP contribution in [0.4, 0.5) is 5.69 Å². The van der Waals surface area contributed by atoms with Gasteiger partial charge in [0.2, 0.25) is 0 Å². The van der Waals surface area contributed by atoms with Crippen LogP contribution in [0.25, 0.3) is 0 Å². The molecular formula is C22H23N3O3. The van der Waals surface area contributed by atoms with Crippen molar-refractivity contribution in [3.63, 3.8) is 0 Å². The lowest BCUT2D eigenvalue weighted by Crippen LogP contribution is -2.31. The van der Waals surface area contributed by atoms with Crippen molar-refractivity contribution in [2.24, 2.45) is 7.05 Å². The van der Waals surface area contributed by atoms with Crippen LogP contribution in [0.15, 0.2) is 48.5 Å². The molecule has 6 heteroatoms. The topological polar surface area (TPSA) is 56.6 Å². The van der Waals surface area contributed by atoms with Gasteiger partial charge in [0.15, 0.2) is 17.2 Å². The van der Waals surface area contributed by atoms with Crippen molar-refractivity contribution in [3.8, 4) is 11.5 Å². The summed E-state index contributed by atoms with van der Waals surface area (Å²) in [5, 5.41) is 4.38. The fourth-order valence-corrected chi connectivity index (χ4v) is 3.30. The third-order valence-electron chi connectivity index (χ3n) is 4.93. The van der Waals surface area contributed by atoms with Gasteiger partial charge in [-0.25, -0.2) is 0 Å². The van der Waals surface area contributed by atoms with Gasteiger partial charge in [-0.05, 0) is 49.2 Å². The fourth-order valence-electron chi connectivity index (χ4n) is 3.30. The van der Waals surface area contributed by atoms with E-state index in [1.54, 1.807) is 9.58 Å². The number of carbonyl (C=O) groups excluding carboxylic acids is 1. The van der Waals surface area contributed by atoms with Crippen molar-refractivity contribution >= 4 is 11.6 Å². The predicted octanol–water partition coefficient (Wildman–Crippen LogP) is 3.66. The summed E-state index contributed by atoms with van der Waals surface area (Å²) >= 11 is 0. The first-order valence-corrected chi connectivity index (χ1v) is 9.29. The van der Waals surface area contributed by atoms with Crippen LogP contribution in [0.2, 0.25) is 0 Å². The summed E-state index contributed by atoms with van der Waals surface area (Å²) in [6, 6.07) is 15.5. The van der Waals surface area contributed by atoms with Gasteiger partial charge in [-0.1, -0.05) is 24.3 Å². The summed E-state index contributed by atoms with van der Waals surface area (Å²) in [5.41, 5.74) is 4.23. The van der Waals surface area contributed by atoms with Crippen LogP contribution in [-0.4, -0.2) is 28.9 Å². The highest BCUT2D eigenvalue weighted by Gasteiger charge is 2.23. The molecular weight excluding hydrogens is 354 g/mol. The lowest BCUT2D eigenvalue weighted by atomic mass is 10.1. The molecule has 144 valence electrons. The summed E-state index contributed by atoms with van der Waals surface area (Å²) in [6.07, 6.45) is 0. The van der Waals surface area contributed by atoms with E-state index in [4.69, 9.17) is 9.47 Å². The Morgan fingerprint density at radius 3 is 2.54 bits per heavy atom. The Hall–Kier alpha value is -3.28. The summed E-state index contributed by atoms with van der Waals surface area (Å²) < 4.78 is 13.0. The SMILES string of the molecule is Cc1ccccc1N(Cc1ccc2c(c1)OCCO2)C(=O)c1cc(C)n(C)n1. The number of hydrogen-bond donors (Lipinski definition) is 0. The maximum Gasteiger partial charge on any atom is 0.279 e. The molecule has 0 aliphatic carbocycles. The molecule has 3 aromatic rings. The highest BCUT2D eigenvalue weighted by atomic mass is 16.6. The standard InChI is InChI=1S/C22H23N3O3/c1-15-6-4-5-7-19(15)25(22(26)18-12-16(2)24(3)23-18)14-17-8-9-20-21(13-17)28-11-10-27-20/h4-9,12-13H,10-11,14H2,1-3H3. The van der Waals surface area contributed by atoms with E-state index < -0.39 is 0 Å². The van der Waals surface area contributed by atoms with Crippen LogP contribution >= 0.6 is 0 Å². The summed E-state index contributed by atoms with van der Waals surface area (Å²) in [7, 11) is 1.84. The molecule has 0 N–H and O–H groups in total. The minimum atomic E-state index is -0.132. The van der Waals surface area contributed by atoms with Crippen molar-refractivity contribution in [1.82, 2.24) is 9.78 Å². The lowest BCUT2D eigenvalue weighted by molar-refractivity contribution is 0.0979. The Bertz CT molecular complexity index is 1010. The monoisotopic (exact) mass is 377 g/mol. The molecule has 0 unspecified atom stereocenters. The van der Waals surface area contributed by atoms with E-state index in [1.807, 2.05) is 69.4 Å². The molecule has 28 heavy (non-hydrogen) atoms. The maximum absolute atomic E-state index is 13.4. The number of aromatic nitrogens is 2. The smallest absolute Gasteiger partial charge is 0.279 e. The van der Waals surface area contributed by atoms with Crippen molar-refractivity contribution in [1.29, 1.82) is 0 Å². The van der Waals surface area contributed by atoms with E-state index in [-0.39, 0.29) is 5.91 Å². The number of anilines is 1. The summed E-state index contributed by atoms with van der Waals surface area (Å²) in [5.74, 6) is 1.33. The van der Waals surface area contributed by atoms with E-state index in [2.05, 4.69) is 5.10 Å². The van der Waals surface area contributed by atoms with Gasteiger partial charge in [0.25, 0.3) is 5.91 Å². The summed E-state index contributed by atoms with van der Waals surface area (Å²) in [4.78, 5) is 15.1. The third-order valence-corrected chi connectivity index (χ3v) is 4.93. The first kappa shape index (κ1) is 18.1. The van der Waals surface area contributed by atoms with E-state index in [9.17, 15) is 4.79 Å². The van der Waals surface area contributed by atoms with Gasteiger partial charge in [0.1, 0.15) is 13.2 Å². The fraction of sp³-hybridized carbons (Fsp3) is 0.273.